The van der Waals surface area contributed by atoms with Gasteiger partial charge in [0.2, 0.25) is 0 Å². The van der Waals surface area contributed by atoms with Crippen LogP contribution in [0, 0.1) is 5.82 Å². The Hall–Kier alpha value is -2.24. The van der Waals surface area contributed by atoms with Crippen LogP contribution >= 0.6 is 11.6 Å². The Morgan fingerprint density at radius 3 is 2.75 bits per heavy atom. The zero-order valence-corrected chi connectivity index (χ0v) is 13.6. The normalized spacial score (nSPS) is 15.2. The zero-order valence-electron chi connectivity index (χ0n) is 12.9. The Labute approximate surface area is 143 Å². The number of phenolic OH excluding ortho intramolecular Hbond substituents is 1. The van der Waals surface area contributed by atoms with Crippen LogP contribution < -0.4 is 10.2 Å². The van der Waals surface area contributed by atoms with Crippen LogP contribution in [0.25, 0.3) is 22.1 Å². The summed E-state index contributed by atoms with van der Waals surface area (Å²) in [6.45, 7) is 3.62. The Morgan fingerprint density at radius 2 is 2.00 bits per heavy atom. The van der Waals surface area contributed by atoms with E-state index in [1.165, 1.54) is 18.2 Å². The van der Waals surface area contributed by atoms with Crippen molar-refractivity contribution in [3.05, 3.63) is 47.4 Å². The summed E-state index contributed by atoms with van der Waals surface area (Å²) in [7, 11) is 0. The quantitative estimate of drug-likeness (QED) is 0.736. The number of nitrogens with one attached hydrogen (secondary N) is 1. The third-order valence-electron chi connectivity index (χ3n) is 4.36. The lowest BCUT2D eigenvalue weighted by Crippen LogP contribution is -2.43. The monoisotopic (exact) mass is 346 g/mol. The standard InChI is InChI=1S/C18H16ClFN2O2/c19-13-8-12-15(22-6-4-21-5-7-22)10-24-17(12)9-11(13)18-14(20)2-1-3-16(18)23/h1-3,8-10,21,23H,4-7H2. The van der Waals surface area contributed by atoms with E-state index in [4.69, 9.17) is 16.0 Å². The van der Waals surface area contributed by atoms with Crippen molar-refractivity contribution in [1.82, 2.24) is 5.32 Å². The minimum absolute atomic E-state index is 0.0875. The highest BCUT2D eigenvalue weighted by molar-refractivity contribution is 6.34. The molecule has 124 valence electrons. The van der Waals surface area contributed by atoms with E-state index in [9.17, 15) is 9.50 Å². The minimum Gasteiger partial charge on any atom is -0.507 e. The maximum atomic E-state index is 14.1. The van der Waals surface area contributed by atoms with E-state index in [0.29, 0.717) is 16.2 Å². The van der Waals surface area contributed by atoms with E-state index in [1.54, 1.807) is 18.4 Å². The van der Waals surface area contributed by atoms with Crippen LogP contribution in [0.2, 0.25) is 5.02 Å². The molecule has 0 unspecified atom stereocenters. The maximum Gasteiger partial charge on any atom is 0.136 e. The van der Waals surface area contributed by atoms with Gasteiger partial charge in [-0.3, -0.25) is 0 Å². The predicted molar refractivity (Wildman–Crippen MR) is 93.4 cm³/mol. The van der Waals surface area contributed by atoms with Crippen molar-refractivity contribution in [2.45, 2.75) is 0 Å². The van der Waals surface area contributed by atoms with E-state index in [-0.39, 0.29) is 11.3 Å². The first-order valence-corrected chi connectivity index (χ1v) is 8.17. The van der Waals surface area contributed by atoms with Gasteiger partial charge in [0.1, 0.15) is 23.4 Å². The van der Waals surface area contributed by atoms with Gasteiger partial charge in [-0.15, -0.1) is 0 Å². The average molecular weight is 347 g/mol. The molecular weight excluding hydrogens is 331 g/mol. The number of phenols is 1. The molecule has 4 rings (SSSR count). The van der Waals surface area contributed by atoms with Crippen molar-refractivity contribution in [1.29, 1.82) is 0 Å². The summed E-state index contributed by atoms with van der Waals surface area (Å²) in [5.41, 5.74) is 2.11. The topological polar surface area (TPSA) is 48.6 Å². The van der Waals surface area contributed by atoms with Crippen LogP contribution in [0.1, 0.15) is 0 Å². The number of aromatic hydroxyl groups is 1. The maximum absolute atomic E-state index is 14.1. The summed E-state index contributed by atoms with van der Waals surface area (Å²) in [5.74, 6) is -0.671. The summed E-state index contributed by atoms with van der Waals surface area (Å²) in [4.78, 5) is 2.24. The van der Waals surface area contributed by atoms with Crippen LogP contribution in [0.4, 0.5) is 10.1 Å². The fraction of sp³-hybridized carbons (Fsp3) is 0.222. The lowest BCUT2D eigenvalue weighted by Gasteiger charge is -2.28. The highest BCUT2D eigenvalue weighted by Gasteiger charge is 2.20. The number of fused-ring (bicyclic) bond motifs is 1. The molecule has 0 saturated carbocycles. The molecular formula is C18H16ClFN2O2. The molecule has 1 aliphatic heterocycles. The summed E-state index contributed by atoms with van der Waals surface area (Å²) in [6, 6.07) is 7.65. The summed E-state index contributed by atoms with van der Waals surface area (Å²) < 4.78 is 19.8. The number of halogens is 2. The molecule has 0 aliphatic carbocycles. The Bertz CT molecular complexity index is 883. The second-order valence-corrected chi connectivity index (χ2v) is 6.23. The average Bonchev–Trinajstić information content (AvgIpc) is 2.98. The van der Waals surface area contributed by atoms with E-state index in [1.807, 2.05) is 0 Å². The molecule has 0 spiro atoms. The lowest BCUT2D eigenvalue weighted by molar-refractivity contribution is 0.472. The molecule has 0 amide bonds. The molecule has 1 aliphatic rings. The fourth-order valence-corrected chi connectivity index (χ4v) is 3.41. The van der Waals surface area contributed by atoms with Gasteiger partial charge in [0, 0.05) is 42.2 Å². The van der Waals surface area contributed by atoms with Crippen LogP contribution in [-0.4, -0.2) is 31.3 Å². The number of hydrogen-bond acceptors (Lipinski definition) is 4. The molecule has 0 atom stereocenters. The van der Waals surface area contributed by atoms with Gasteiger partial charge in [0.15, 0.2) is 0 Å². The number of furan rings is 1. The van der Waals surface area contributed by atoms with Crippen molar-refractivity contribution in [3.8, 4) is 16.9 Å². The van der Waals surface area contributed by atoms with Crippen LogP contribution in [0.5, 0.6) is 5.75 Å². The van der Waals surface area contributed by atoms with Gasteiger partial charge < -0.3 is 19.7 Å². The molecule has 2 aromatic carbocycles. The Morgan fingerprint density at radius 1 is 1.21 bits per heavy atom. The van der Waals surface area contributed by atoms with E-state index < -0.39 is 5.82 Å². The molecule has 2 heterocycles. The Kier molecular flexibility index (Phi) is 3.82. The molecule has 3 aromatic rings. The predicted octanol–water partition coefficient (Wildman–Crippen LogP) is 4.01. The highest BCUT2D eigenvalue weighted by Crippen LogP contribution is 2.41. The second kappa shape index (κ2) is 6.00. The Balaban J connectivity index is 1.84. The van der Waals surface area contributed by atoms with Crippen LogP contribution in [0.3, 0.4) is 0 Å². The van der Waals surface area contributed by atoms with Gasteiger partial charge in [-0.25, -0.2) is 4.39 Å². The summed E-state index contributed by atoms with van der Waals surface area (Å²) in [5, 5.41) is 14.6. The van der Waals surface area contributed by atoms with Crippen molar-refractivity contribution in [2.75, 3.05) is 31.1 Å². The molecule has 1 fully saturated rings. The van der Waals surface area contributed by atoms with E-state index in [2.05, 4.69) is 10.2 Å². The van der Waals surface area contributed by atoms with Crippen molar-refractivity contribution in [3.63, 3.8) is 0 Å². The zero-order chi connectivity index (χ0) is 16.7. The highest BCUT2D eigenvalue weighted by atomic mass is 35.5. The third-order valence-corrected chi connectivity index (χ3v) is 4.67. The van der Waals surface area contributed by atoms with Gasteiger partial charge >= 0.3 is 0 Å². The molecule has 24 heavy (non-hydrogen) atoms. The van der Waals surface area contributed by atoms with E-state index >= 15 is 0 Å². The number of rotatable bonds is 2. The molecule has 6 heteroatoms. The second-order valence-electron chi connectivity index (χ2n) is 5.82. The van der Waals surface area contributed by atoms with Gasteiger partial charge in [-0.05, 0) is 24.3 Å². The number of nitrogens with zero attached hydrogens (tertiary/aromatic N) is 1. The molecule has 1 aromatic heterocycles. The van der Waals surface area contributed by atoms with Crippen LogP contribution in [-0.2, 0) is 0 Å². The number of benzene rings is 2. The lowest BCUT2D eigenvalue weighted by atomic mass is 10.0. The van der Waals surface area contributed by atoms with Crippen molar-refractivity contribution >= 4 is 28.3 Å². The van der Waals surface area contributed by atoms with Gasteiger partial charge in [-0.2, -0.15) is 0 Å². The van der Waals surface area contributed by atoms with Crippen LogP contribution in [0.15, 0.2) is 41.0 Å². The van der Waals surface area contributed by atoms with Gasteiger partial charge in [-0.1, -0.05) is 17.7 Å². The van der Waals surface area contributed by atoms with Gasteiger partial charge in [0.25, 0.3) is 0 Å². The smallest absolute Gasteiger partial charge is 0.136 e. The first kappa shape index (κ1) is 15.3. The molecule has 2 N–H and O–H groups in total. The van der Waals surface area contributed by atoms with Crippen molar-refractivity contribution < 1.29 is 13.9 Å². The van der Waals surface area contributed by atoms with Gasteiger partial charge in [0.05, 0.1) is 11.3 Å². The van der Waals surface area contributed by atoms with Crippen molar-refractivity contribution in [2.24, 2.45) is 0 Å². The molecule has 4 nitrogen and oxygen atoms in total. The summed E-state index contributed by atoms with van der Waals surface area (Å²) >= 11 is 6.40. The SMILES string of the molecule is Oc1cccc(F)c1-c1cc2occ(N3CCNCC3)c2cc1Cl. The first-order chi connectivity index (χ1) is 11.6. The number of piperazine rings is 1. The third kappa shape index (κ3) is 2.50. The molecule has 1 saturated heterocycles. The number of anilines is 1. The fourth-order valence-electron chi connectivity index (χ4n) is 3.16. The molecule has 0 radical (unpaired) electrons. The largest absolute Gasteiger partial charge is 0.507 e. The first-order valence-electron chi connectivity index (χ1n) is 7.79. The number of hydrogen-bond donors (Lipinski definition) is 2. The van der Waals surface area contributed by atoms with E-state index in [0.717, 1.165) is 37.3 Å². The summed E-state index contributed by atoms with van der Waals surface area (Å²) in [6.07, 6.45) is 1.71. The minimum atomic E-state index is -0.523. The molecule has 0 bridgehead atoms.